The Kier molecular flexibility index (Phi) is 6.03. The molecule has 0 amide bonds. The molecule has 0 aliphatic rings. The molecule has 0 aromatic heterocycles. The van der Waals surface area contributed by atoms with E-state index >= 15 is 0 Å². The van der Waals surface area contributed by atoms with Crippen molar-refractivity contribution in [2.24, 2.45) is 10.7 Å². The van der Waals surface area contributed by atoms with E-state index in [0.717, 1.165) is 11.4 Å². The lowest BCUT2D eigenvalue weighted by molar-refractivity contribution is 0.230. The van der Waals surface area contributed by atoms with E-state index in [9.17, 15) is 0 Å². The number of guanidine groups is 1. The molecule has 0 bridgehead atoms. The van der Waals surface area contributed by atoms with E-state index in [1.54, 1.807) is 0 Å². The number of aliphatic imine (C=N–C) groups is 1. The average molecular weight is 311 g/mol. The lowest BCUT2D eigenvalue weighted by atomic mass is 10.0. The SMILES string of the molecule is CC(CN=C(N)Nc1cccc(C(C)C)c1)Oc1ccccc1. The number of hydrogen-bond donors (Lipinski definition) is 2. The zero-order chi connectivity index (χ0) is 16.7. The Morgan fingerprint density at radius 2 is 1.83 bits per heavy atom. The van der Waals surface area contributed by atoms with Gasteiger partial charge in [-0.3, -0.25) is 0 Å². The standard InChI is InChI=1S/C19H25N3O/c1-14(2)16-8-7-9-17(12-16)22-19(20)21-13-15(3)23-18-10-5-4-6-11-18/h4-12,14-15H,13H2,1-3H3,(H3,20,21,22). The first-order valence-corrected chi connectivity index (χ1v) is 7.93. The molecule has 0 fully saturated rings. The lowest BCUT2D eigenvalue weighted by Gasteiger charge is -2.13. The first kappa shape index (κ1) is 16.9. The van der Waals surface area contributed by atoms with Crippen LogP contribution in [0.2, 0.25) is 0 Å². The minimum absolute atomic E-state index is 0.0419. The van der Waals surface area contributed by atoms with E-state index in [-0.39, 0.29) is 6.10 Å². The molecule has 2 rings (SSSR count). The number of nitrogens with one attached hydrogen (secondary N) is 1. The summed E-state index contributed by atoms with van der Waals surface area (Å²) in [5, 5.41) is 3.13. The normalized spacial score (nSPS) is 13.0. The molecular formula is C19H25N3O. The van der Waals surface area contributed by atoms with Gasteiger partial charge in [-0.05, 0) is 42.7 Å². The molecule has 1 atom stereocenters. The van der Waals surface area contributed by atoms with Crippen LogP contribution in [0.25, 0.3) is 0 Å². The molecule has 4 nitrogen and oxygen atoms in total. The van der Waals surface area contributed by atoms with Crippen LogP contribution in [0.3, 0.4) is 0 Å². The molecule has 1 unspecified atom stereocenters. The van der Waals surface area contributed by atoms with Gasteiger partial charge in [0.1, 0.15) is 11.9 Å². The number of rotatable bonds is 6. The number of nitrogens with zero attached hydrogens (tertiary/aromatic N) is 1. The fourth-order valence-electron chi connectivity index (χ4n) is 2.16. The highest BCUT2D eigenvalue weighted by molar-refractivity contribution is 5.92. The number of para-hydroxylation sites is 1. The molecule has 0 heterocycles. The molecule has 0 saturated heterocycles. The summed E-state index contributed by atoms with van der Waals surface area (Å²) in [4.78, 5) is 4.35. The molecule has 2 aromatic rings. The molecule has 0 saturated carbocycles. The van der Waals surface area contributed by atoms with Crippen LogP contribution in [0.4, 0.5) is 5.69 Å². The minimum atomic E-state index is -0.0419. The molecule has 4 heteroatoms. The number of nitrogens with two attached hydrogens (primary N) is 1. The monoisotopic (exact) mass is 311 g/mol. The van der Waals surface area contributed by atoms with Gasteiger partial charge in [-0.15, -0.1) is 0 Å². The molecule has 0 spiro atoms. The Balaban J connectivity index is 1.88. The Morgan fingerprint density at radius 3 is 2.52 bits per heavy atom. The lowest BCUT2D eigenvalue weighted by Crippen LogP contribution is -2.25. The van der Waals surface area contributed by atoms with Gasteiger partial charge < -0.3 is 15.8 Å². The van der Waals surface area contributed by atoms with Crippen LogP contribution in [0, 0.1) is 0 Å². The second-order valence-electron chi connectivity index (χ2n) is 5.87. The summed E-state index contributed by atoms with van der Waals surface area (Å²) < 4.78 is 5.78. The van der Waals surface area contributed by atoms with Gasteiger partial charge in [0.05, 0.1) is 6.54 Å². The summed E-state index contributed by atoms with van der Waals surface area (Å²) >= 11 is 0. The van der Waals surface area contributed by atoms with Crippen molar-refractivity contribution in [1.82, 2.24) is 0 Å². The van der Waals surface area contributed by atoms with Crippen LogP contribution in [0.15, 0.2) is 59.6 Å². The maximum Gasteiger partial charge on any atom is 0.193 e. The highest BCUT2D eigenvalue weighted by atomic mass is 16.5. The Bertz CT molecular complexity index is 638. The van der Waals surface area contributed by atoms with Crippen molar-refractivity contribution in [3.8, 4) is 5.75 Å². The number of benzene rings is 2. The van der Waals surface area contributed by atoms with Gasteiger partial charge in [0.2, 0.25) is 0 Å². The summed E-state index contributed by atoms with van der Waals surface area (Å²) in [7, 11) is 0. The second kappa shape index (κ2) is 8.22. The molecule has 0 aliphatic carbocycles. The molecule has 2 aromatic carbocycles. The highest BCUT2D eigenvalue weighted by Gasteiger charge is 2.04. The maximum absolute atomic E-state index is 5.96. The third kappa shape index (κ3) is 5.66. The average Bonchev–Trinajstić information content (AvgIpc) is 2.54. The fourth-order valence-corrected chi connectivity index (χ4v) is 2.16. The first-order chi connectivity index (χ1) is 11.0. The van der Waals surface area contributed by atoms with Crippen LogP contribution in [-0.4, -0.2) is 18.6 Å². The Hall–Kier alpha value is -2.49. The van der Waals surface area contributed by atoms with Crippen molar-refractivity contribution >= 4 is 11.6 Å². The summed E-state index contributed by atoms with van der Waals surface area (Å²) in [6.45, 7) is 6.80. The predicted octanol–water partition coefficient (Wildman–Crippen LogP) is 4.00. The number of hydrogen-bond acceptors (Lipinski definition) is 2. The zero-order valence-corrected chi connectivity index (χ0v) is 14.0. The van der Waals surface area contributed by atoms with Crippen molar-refractivity contribution in [2.45, 2.75) is 32.8 Å². The van der Waals surface area contributed by atoms with Crippen LogP contribution in [0.1, 0.15) is 32.3 Å². The third-order valence-electron chi connectivity index (χ3n) is 3.42. The summed E-state index contributed by atoms with van der Waals surface area (Å²) in [6.07, 6.45) is -0.0419. The van der Waals surface area contributed by atoms with Crippen LogP contribution >= 0.6 is 0 Å². The van der Waals surface area contributed by atoms with Crippen LogP contribution in [0.5, 0.6) is 5.75 Å². The predicted molar refractivity (Wildman–Crippen MR) is 97.2 cm³/mol. The van der Waals surface area contributed by atoms with Crippen LogP contribution < -0.4 is 15.8 Å². The van der Waals surface area contributed by atoms with E-state index in [4.69, 9.17) is 10.5 Å². The van der Waals surface area contributed by atoms with Gasteiger partial charge in [-0.1, -0.05) is 44.2 Å². The van der Waals surface area contributed by atoms with Gasteiger partial charge in [0.25, 0.3) is 0 Å². The smallest absolute Gasteiger partial charge is 0.193 e. The summed E-state index contributed by atoms with van der Waals surface area (Å²) in [5.41, 5.74) is 8.18. The molecule has 0 aliphatic heterocycles. The van der Waals surface area contributed by atoms with E-state index in [1.807, 2.05) is 49.4 Å². The molecule has 0 radical (unpaired) electrons. The van der Waals surface area contributed by atoms with Gasteiger partial charge in [0, 0.05) is 5.69 Å². The highest BCUT2D eigenvalue weighted by Crippen LogP contribution is 2.18. The molecular weight excluding hydrogens is 286 g/mol. The topological polar surface area (TPSA) is 59.6 Å². The van der Waals surface area contributed by atoms with E-state index in [1.165, 1.54) is 5.56 Å². The number of anilines is 1. The second-order valence-corrected chi connectivity index (χ2v) is 5.87. The van der Waals surface area contributed by atoms with E-state index in [0.29, 0.717) is 18.4 Å². The van der Waals surface area contributed by atoms with Gasteiger partial charge in [-0.25, -0.2) is 4.99 Å². The largest absolute Gasteiger partial charge is 0.489 e. The van der Waals surface area contributed by atoms with Crippen LogP contribution in [-0.2, 0) is 0 Å². The summed E-state index contributed by atoms with van der Waals surface area (Å²) in [5.74, 6) is 1.72. The molecule has 122 valence electrons. The molecule has 23 heavy (non-hydrogen) atoms. The quantitative estimate of drug-likeness (QED) is 0.626. The minimum Gasteiger partial charge on any atom is -0.489 e. The molecule has 3 N–H and O–H groups in total. The third-order valence-corrected chi connectivity index (χ3v) is 3.42. The van der Waals surface area contributed by atoms with Crippen molar-refractivity contribution in [3.63, 3.8) is 0 Å². The maximum atomic E-state index is 5.96. The number of ether oxygens (including phenoxy) is 1. The zero-order valence-electron chi connectivity index (χ0n) is 14.0. The van der Waals surface area contributed by atoms with Gasteiger partial charge in [-0.2, -0.15) is 0 Å². The van der Waals surface area contributed by atoms with Crippen molar-refractivity contribution in [3.05, 3.63) is 60.2 Å². The Labute approximate surface area is 138 Å². The van der Waals surface area contributed by atoms with E-state index < -0.39 is 0 Å². The summed E-state index contributed by atoms with van der Waals surface area (Å²) in [6, 6.07) is 17.9. The van der Waals surface area contributed by atoms with E-state index in [2.05, 4.69) is 36.3 Å². The van der Waals surface area contributed by atoms with Crippen molar-refractivity contribution in [1.29, 1.82) is 0 Å². The fraction of sp³-hybridized carbons (Fsp3) is 0.316. The first-order valence-electron chi connectivity index (χ1n) is 7.93. The van der Waals surface area contributed by atoms with Crippen molar-refractivity contribution < 1.29 is 4.74 Å². The Morgan fingerprint density at radius 1 is 1.09 bits per heavy atom. The van der Waals surface area contributed by atoms with Gasteiger partial charge >= 0.3 is 0 Å². The van der Waals surface area contributed by atoms with Gasteiger partial charge in [0.15, 0.2) is 5.96 Å². The van der Waals surface area contributed by atoms with Crippen molar-refractivity contribution in [2.75, 3.05) is 11.9 Å².